The molecule has 1 saturated heterocycles. The third kappa shape index (κ3) is 18.6. The Labute approximate surface area is 480 Å². The number of aromatic amines is 1. The summed E-state index contributed by atoms with van der Waals surface area (Å²) in [4.78, 5) is 35.1. The fourth-order valence-corrected chi connectivity index (χ4v) is 9.77. The molecule has 1 fully saturated rings. The SMILES string of the molecule is CC.CC.CCN(CC)CCOc1c(C)cc(C(=O)c2c(CCCC(=O)NCCOCCOCCOCCOc3ccc(NCn4ccc(-c5cc6c(NC7CCN(C)CC7)cccc6[nH]5)n4)c(OC)c3)oc3ccccc23)cc1C. The van der Waals surface area contributed by atoms with Crippen LogP contribution in [0.3, 0.4) is 0 Å². The minimum atomic E-state index is -0.104. The maximum Gasteiger partial charge on any atom is 0.220 e. The Balaban J connectivity index is 0.00000258. The summed E-state index contributed by atoms with van der Waals surface area (Å²) in [5.74, 6) is 2.54. The monoisotopic (exact) mass is 1110 g/mol. The number of furan rings is 1. The molecule has 4 N–H and O–H groups in total. The summed E-state index contributed by atoms with van der Waals surface area (Å²) in [7, 11) is 3.82. The van der Waals surface area contributed by atoms with Crippen molar-refractivity contribution in [3.05, 3.63) is 119 Å². The number of amides is 1. The summed E-state index contributed by atoms with van der Waals surface area (Å²) in [5.41, 5.74) is 8.52. The van der Waals surface area contributed by atoms with E-state index in [-0.39, 0.29) is 18.1 Å². The molecular weight excluding hydrogens is 1020 g/mol. The van der Waals surface area contributed by atoms with Gasteiger partial charge in [-0.15, -0.1) is 0 Å². The number of nitrogens with one attached hydrogen (secondary N) is 4. The Morgan fingerprint density at radius 1 is 0.778 bits per heavy atom. The molecule has 17 heteroatoms. The third-order valence-electron chi connectivity index (χ3n) is 14.0. The number of aryl methyl sites for hydroxylation is 3. The molecule has 7 aromatic rings. The van der Waals surface area contributed by atoms with Gasteiger partial charge in [0, 0.05) is 71.8 Å². The lowest BCUT2D eigenvalue weighted by atomic mass is 9.95. The molecule has 17 nitrogen and oxygen atoms in total. The van der Waals surface area contributed by atoms with Crippen LogP contribution in [-0.4, -0.2) is 149 Å². The minimum Gasteiger partial charge on any atom is -0.494 e. The van der Waals surface area contributed by atoms with E-state index in [0.29, 0.717) is 119 Å². The van der Waals surface area contributed by atoms with Gasteiger partial charge in [-0.3, -0.25) is 14.3 Å². The molecule has 1 aliphatic heterocycles. The summed E-state index contributed by atoms with van der Waals surface area (Å²) in [6.07, 6.45) is 5.49. The van der Waals surface area contributed by atoms with E-state index in [2.05, 4.69) is 75.9 Å². The molecule has 4 heterocycles. The van der Waals surface area contributed by atoms with Crippen LogP contribution in [0.25, 0.3) is 33.3 Å². The molecule has 0 atom stereocenters. The number of aromatic nitrogens is 3. The lowest BCUT2D eigenvalue weighted by Crippen LogP contribution is -2.36. The van der Waals surface area contributed by atoms with Gasteiger partial charge < -0.3 is 63.6 Å². The summed E-state index contributed by atoms with van der Waals surface area (Å²) in [6, 6.07) is 28.1. The molecule has 0 spiro atoms. The Hall–Kier alpha value is -6.89. The van der Waals surface area contributed by atoms with Gasteiger partial charge in [0.15, 0.2) is 5.78 Å². The van der Waals surface area contributed by atoms with Crippen LogP contribution in [0.1, 0.15) is 100 Å². The zero-order chi connectivity index (χ0) is 57.9. The number of hydrogen-bond donors (Lipinski definition) is 4. The maximum atomic E-state index is 14.1. The van der Waals surface area contributed by atoms with Crippen LogP contribution < -0.4 is 30.2 Å². The summed E-state index contributed by atoms with van der Waals surface area (Å²) in [6.45, 7) is 25.4. The predicted octanol–water partition coefficient (Wildman–Crippen LogP) is 11.6. The number of hydrogen-bond acceptors (Lipinski definition) is 14. The molecule has 0 bridgehead atoms. The van der Waals surface area contributed by atoms with Gasteiger partial charge in [0.25, 0.3) is 0 Å². The van der Waals surface area contributed by atoms with E-state index < -0.39 is 0 Å². The van der Waals surface area contributed by atoms with Crippen LogP contribution in [0.4, 0.5) is 11.4 Å². The van der Waals surface area contributed by atoms with Crippen molar-refractivity contribution in [2.45, 2.75) is 100 Å². The topological polar surface area (TPSA) is 179 Å². The zero-order valence-corrected chi connectivity index (χ0v) is 49.8. The van der Waals surface area contributed by atoms with Crippen molar-refractivity contribution in [1.82, 2.24) is 29.9 Å². The number of methoxy groups -OCH3 is 1. The van der Waals surface area contributed by atoms with Gasteiger partial charge in [0.05, 0.1) is 63.7 Å². The molecular formula is C64H90N8O9. The normalized spacial score (nSPS) is 12.7. The fourth-order valence-electron chi connectivity index (χ4n) is 9.77. The molecule has 81 heavy (non-hydrogen) atoms. The molecule has 0 unspecified atom stereocenters. The Morgan fingerprint density at radius 2 is 1.48 bits per heavy atom. The lowest BCUT2D eigenvalue weighted by molar-refractivity contribution is -0.121. The molecule has 0 aliphatic carbocycles. The van der Waals surface area contributed by atoms with Crippen molar-refractivity contribution >= 4 is 44.9 Å². The molecule has 4 aromatic carbocycles. The van der Waals surface area contributed by atoms with Crippen molar-refractivity contribution in [2.24, 2.45) is 0 Å². The number of ketones is 1. The summed E-state index contributed by atoms with van der Waals surface area (Å²) < 4.78 is 42.9. The number of carbonyl (C=O) groups excluding carboxylic acids is 2. The number of rotatable bonds is 32. The number of benzene rings is 4. The number of para-hydroxylation sites is 1. The van der Waals surface area contributed by atoms with Crippen LogP contribution in [0.15, 0.2) is 95.5 Å². The Kier molecular flexibility index (Phi) is 26.4. The number of piperidine rings is 1. The van der Waals surface area contributed by atoms with Gasteiger partial charge in [-0.05, 0) is 132 Å². The van der Waals surface area contributed by atoms with Gasteiger partial charge in [-0.1, -0.05) is 65.8 Å². The first-order valence-electron chi connectivity index (χ1n) is 29.3. The average molecular weight is 1120 g/mol. The van der Waals surface area contributed by atoms with E-state index >= 15 is 0 Å². The molecule has 440 valence electrons. The van der Waals surface area contributed by atoms with Crippen molar-refractivity contribution in [1.29, 1.82) is 0 Å². The van der Waals surface area contributed by atoms with Crippen molar-refractivity contribution in [2.75, 3.05) is 117 Å². The molecule has 1 aliphatic rings. The number of likely N-dealkylation sites (tertiary alicyclic amines) is 1. The zero-order valence-electron chi connectivity index (χ0n) is 49.8. The van der Waals surface area contributed by atoms with E-state index in [1.807, 2.05) is 113 Å². The summed E-state index contributed by atoms with van der Waals surface area (Å²) in [5, 5.41) is 16.9. The summed E-state index contributed by atoms with van der Waals surface area (Å²) >= 11 is 0. The lowest BCUT2D eigenvalue weighted by Gasteiger charge is -2.30. The van der Waals surface area contributed by atoms with E-state index in [0.717, 1.165) is 96.1 Å². The van der Waals surface area contributed by atoms with Gasteiger partial charge in [-0.25, -0.2) is 0 Å². The molecule has 8 rings (SSSR count). The number of fused-ring (bicyclic) bond motifs is 2. The number of ether oxygens (including phenoxy) is 6. The van der Waals surface area contributed by atoms with Gasteiger partial charge >= 0.3 is 0 Å². The standard InChI is InChI=1S/C60H78N8O9.2C2H6/c1-7-67(8-2)28-30-76-60-42(3)37-44(38-43(60)4)59(70)58-47-13-9-10-16-54(47)77-55(58)17-12-18-57(69)61-24-29-72-31-32-73-33-34-74-35-36-75-46-19-20-52(56(39-46)71-6)62-41-68-27-23-51(65-68)53-40-48-49(14-11-15-50(48)64-53)63-45-21-25-66(5)26-22-45;2*1-2/h9-11,13-16,19-20,23,27,37-40,45,62-64H,7-8,12,17-18,21-22,24-26,28-36,41H2,1-6H3,(H,61,69);2*1-2H3. The van der Waals surface area contributed by atoms with Crippen LogP contribution in [0.2, 0.25) is 0 Å². The van der Waals surface area contributed by atoms with Crippen LogP contribution in [-0.2, 0) is 32.1 Å². The van der Waals surface area contributed by atoms with E-state index in [1.54, 1.807) is 7.11 Å². The quantitative estimate of drug-likeness (QED) is 0.0231. The highest BCUT2D eigenvalue weighted by Gasteiger charge is 2.24. The van der Waals surface area contributed by atoms with Crippen molar-refractivity contribution in [3.8, 4) is 28.6 Å². The van der Waals surface area contributed by atoms with E-state index in [4.69, 9.17) is 37.9 Å². The average Bonchev–Trinajstić information content (AvgIpc) is 4.34. The van der Waals surface area contributed by atoms with Crippen molar-refractivity contribution < 1.29 is 42.4 Å². The van der Waals surface area contributed by atoms with E-state index in [1.165, 1.54) is 5.39 Å². The number of carbonyl (C=O) groups is 2. The highest BCUT2D eigenvalue weighted by Crippen LogP contribution is 2.34. The number of nitrogens with zero attached hydrogens (tertiary/aromatic N) is 4. The van der Waals surface area contributed by atoms with Gasteiger partial charge in [0.2, 0.25) is 5.91 Å². The third-order valence-corrected chi connectivity index (χ3v) is 14.0. The fraction of sp³-hybridized carbons (Fsp3) is 0.484. The number of anilines is 2. The molecule has 3 aromatic heterocycles. The van der Waals surface area contributed by atoms with E-state index in [9.17, 15) is 9.59 Å². The second-order valence-corrected chi connectivity index (χ2v) is 19.5. The van der Waals surface area contributed by atoms with Crippen LogP contribution >= 0.6 is 0 Å². The first kappa shape index (κ1) is 63.3. The molecule has 0 radical (unpaired) electrons. The van der Waals surface area contributed by atoms with Gasteiger partial charge in [0.1, 0.15) is 54.2 Å². The highest BCUT2D eigenvalue weighted by atomic mass is 16.6. The van der Waals surface area contributed by atoms with Crippen LogP contribution in [0, 0.1) is 13.8 Å². The highest BCUT2D eigenvalue weighted by molar-refractivity contribution is 6.17. The smallest absolute Gasteiger partial charge is 0.220 e. The number of H-pyrrole nitrogens is 1. The minimum absolute atomic E-state index is 0.0889. The first-order valence-corrected chi connectivity index (χ1v) is 29.3. The Bertz CT molecular complexity index is 2970. The molecule has 0 saturated carbocycles. The predicted molar refractivity (Wildman–Crippen MR) is 326 cm³/mol. The molecule has 1 amide bonds. The Morgan fingerprint density at radius 3 is 2.20 bits per heavy atom. The van der Waals surface area contributed by atoms with Crippen LogP contribution in [0.5, 0.6) is 17.2 Å². The van der Waals surface area contributed by atoms with Crippen molar-refractivity contribution in [3.63, 3.8) is 0 Å². The first-order chi connectivity index (χ1) is 39.6. The van der Waals surface area contributed by atoms with Gasteiger partial charge in [-0.2, -0.15) is 5.10 Å². The number of likely N-dealkylation sites (N-methyl/N-ethyl adjacent to an activating group) is 1. The second kappa shape index (κ2) is 33.8. The maximum absolute atomic E-state index is 14.1. The second-order valence-electron chi connectivity index (χ2n) is 19.5. The largest absolute Gasteiger partial charge is 0.494 e.